The third-order valence-electron chi connectivity index (χ3n) is 1.70. The van der Waals surface area contributed by atoms with Crippen LogP contribution in [-0.4, -0.2) is 75.9 Å². The lowest BCUT2D eigenvalue weighted by Crippen LogP contribution is -2.56. The van der Waals surface area contributed by atoms with Gasteiger partial charge in [0.1, 0.15) is 0 Å². The molecule has 0 saturated carbocycles. The van der Waals surface area contributed by atoms with E-state index in [0.717, 1.165) is 0 Å². The predicted molar refractivity (Wildman–Crippen MR) is 56.3 cm³/mol. The van der Waals surface area contributed by atoms with Crippen molar-refractivity contribution >= 4 is 11.9 Å². The first-order valence-electron chi connectivity index (χ1n) is 4.58. The number of aliphatic hydroxyl groups excluding tert-OH is 3. The normalized spacial score (nSPS) is 10.4. The van der Waals surface area contributed by atoms with Crippen molar-refractivity contribution < 1.29 is 35.1 Å². The van der Waals surface area contributed by atoms with Gasteiger partial charge in [-0.15, -0.1) is 0 Å². The molecular formula is C8H18N2O7. The first kappa shape index (κ1) is 18.1. The zero-order valence-corrected chi connectivity index (χ0v) is 9.17. The number of hydrogen-bond acceptors (Lipinski definition) is 7. The summed E-state index contributed by atoms with van der Waals surface area (Å²) in [6.07, 6.45) is 0. The third-order valence-corrected chi connectivity index (χ3v) is 1.70. The molecule has 0 spiro atoms. The Morgan fingerprint density at radius 2 is 1.35 bits per heavy atom. The Morgan fingerprint density at radius 3 is 1.53 bits per heavy atom. The van der Waals surface area contributed by atoms with Crippen molar-refractivity contribution in [2.75, 3.05) is 32.9 Å². The lowest BCUT2D eigenvalue weighted by atomic mass is 10.0. The second kappa shape index (κ2) is 9.93. The lowest BCUT2D eigenvalue weighted by Gasteiger charge is -2.27. The average molecular weight is 254 g/mol. The fourth-order valence-electron chi connectivity index (χ4n) is 0.581. The summed E-state index contributed by atoms with van der Waals surface area (Å²) in [7, 11) is 0. The van der Waals surface area contributed by atoms with Crippen molar-refractivity contribution in [1.29, 1.82) is 0 Å². The lowest BCUT2D eigenvalue weighted by molar-refractivity contribution is -0.137. The van der Waals surface area contributed by atoms with Gasteiger partial charge in [0.25, 0.3) is 0 Å². The predicted octanol–water partition coefficient (Wildman–Crippen LogP) is -3.59. The van der Waals surface area contributed by atoms with Gasteiger partial charge < -0.3 is 31.3 Å². The van der Waals surface area contributed by atoms with E-state index in [1.54, 1.807) is 0 Å². The highest BCUT2D eigenvalue weighted by atomic mass is 16.4. The molecule has 0 atom stereocenters. The van der Waals surface area contributed by atoms with Gasteiger partial charge in [0.05, 0.1) is 38.4 Å². The molecule has 0 saturated heterocycles. The molecule has 0 rings (SSSR count). The molecule has 0 aromatic carbocycles. The minimum atomic E-state index is -1.31. The van der Waals surface area contributed by atoms with Crippen LogP contribution in [0.5, 0.6) is 0 Å². The number of nitrogens with two attached hydrogens (primary N) is 1. The van der Waals surface area contributed by atoms with Gasteiger partial charge in [-0.25, -0.2) is 0 Å². The summed E-state index contributed by atoms with van der Waals surface area (Å²) in [5.41, 5.74) is 3.26. The van der Waals surface area contributed by atoms with E-state index < -0.39 is 43.8 Å². The van der Waals surface area contributed by atoms with Crippen LogP contribution in [0.2, 0.25) is 0 Å². The van der Waals surface area contributed by atoms with Crippen LogP contribution in [0.4, 0.5) is 0 Å². The molecular weight excluding hydrogens is 236 g/mol. The number of aliphatic carboxylic acids is 2. The standard InChI is InChI=1S/C6H13NO5.C2H5NO2/c8-2-6(3-9,4-10)7-1-5(11)12;3-1-2(4)5/h7-10H,1-4H2,(H,11,12);1,3H2,(H,4,5). The molecule has 102 valence electrons. The highest BCUT2D eigenvalue weighted by Gasteiger charge is 2.27. The maximum atomic E-state index is 10.1. The minimum absolute atomic E-state index is 0.278. The van der Waals surface area contributed by atoms with Gasteiger partial charge in [0, 0.05) is 0 Å². The number of carboxylic acid groups (broad SMARTS) is 2. The molecule has 17 heavy (non-hydrogen) atoms. The monoisotopic (exact) mass is 254 g/mol. The third kappa shape index (κ3) is 9.66. The quantitative estimate of drug-likeness (QED) is 0.242. The van der Waals surface area contributed by atoms with Crippen LogP contribution in [0.1, 0.15) is 0 Å². The first-order valence-corrected chi connectivity index (χ1v) is 4.58. The zero-order chi connectivity index (χ0) is 13.9. The highest BCUT2D eigenvalue weighted by molar-refractivity contribution is 5.69. The summed E-state index contributed by atoms with van der Waals surface area (Å²) in [5.74, 6) is -2.08. The second-order valence-corrected chi connectivity index (χ2v) is 3.10. The molecule has 9 nitrogen and oxygen atoms in total. The summed E-state index contributed by atoms with van der Waals surface area (Å²) in [6, 6.07) is 0. The number of carboxylic acids is 2. The van der Waals surface area contributed by atoms with E-state index in [2.05, 4.69) is 11.1 Å². The first-order chi connectivity index (χ1) is 7.87. The SMILES string of the molecule is NCC(=O)O.O=C(O)CNC(CO)(CO)CO. The number of aliphatic hydroxyl groups is 3. The molecule has 8 N–H and O–H groups in total. The smallest absolute Gasteiger partial charge is 0.317 e. The van der Waals surface area contributed by atoms with Crippen molar-refractivity contribution in [3.8, 4) is 0 Å². The van der Waals surface area contributed by atoms with Gasteiger partial charge in [-0.3, -0.25) is 14.9 Å². The van der Waals surface area contributed by atoms with E-state index >= 15 is 0 Å². The average Bonchev–Trinajstić information content (AvgIpc) is 2.32. The second-order valence-electron chi connectivity index (χ2n) is 3.10. The summed E-state index contributed by atoms with van der Waals surface area (Å²) < 4.78 is 0. The van der Waals surface area contributed by atoms with Crippen molar-refractivity contribution in [1.82, 2.24) is 5.32 Å². The van der Waals surface area contributed by atoms with E-state index in [1.165, 1.54) is 0 Å². The molecule has 0 amide bonds. The fraction of sp³-hybridized carbons (Fsp3) is 0.750. The number of carbonyl (C=O) groups is 2. The van der Waals surface area contributed by atoms with Crippen molar-refractivity contribution in [3.05, 3.63) is 0 Å². The maximum Gasteiger partial charge on any atom is 0.317 e. The summed E-state index contributed by atoms with van der Waals surface area (Å²) in [4.78, 5) is 19.3. The Balaban J connectivity index is 0. The molecule has 9 heteroatoms. The molecule has 0 unspecified atom stereocenters. The Morgan fingerprint density at radius 1 is 1.00 bits per heavy atom. The molecule has 0 heterocycles. The number of hydrogen-bond donors (Lipinski definition) is 7. The Bertz CT molecular complexity index is 222. The van der Waals surface area contributed by atoms with Gasteiger partial charge in [0.2, 0.25) is 0 Å². The number of nitrogens with one attached hydrogen (secondary N) is 1. The Labute approximate surface area is 97.5 Å². The van der Waals surface area contributed by atoms with Crippen LogP contribution in [0.15, 0.2) is 0 Å². The van der Waals surface area contributed by atoms with E-state index in [4.69, 9.17) is 25.5 Å². The molecule has 0 bridgehead atoms. The maximum absolute atomic E-state index is 10.1. The van der Waals surface area contributed by atoms with Crippen LogP contribution < -0.4 is 11.1 Å². The Hall–Kier alpha value is -1.26. The van der Waals surface area contributed by atoms with Gasteiger partial charge in [-0.05, 0) is 0 Å². The molecule has 0 radical (unpaired) electrons. The van der Waals surface area contributed by atoms with Gasteiger partial charge in [-0.2, -0.15) is 0 Å². The molecule has 0 aromatic rings. The van der Waals surface area contributed by atoms with Gasteiger partial charge in [-0.1, -0.05) is 0 Å². The highest BCUT2D eigenvalue weighted by Crippen LogP contribution is 2.00. The Kier molecular flexibility index (Phi) is 10.6. The number of rotatable bonds is 7. The van der Waals surface area contributed by atoms with Crippen LogP contribution in [0.3, 0.4) is 0 Å². The molecule has 0 aliphatic rings. The van der Waals surface area contributed by atoms with E-state index in [1.807, 2.05) is 0 Å². The van der Waals surface area contributed by atoms with Crippen LogP contribution in [0, 0.1) is 0 Å². The van der Waals surface area contributed by atoms with Crippen LogP contribution in [-0.2, 0) is 9.59 Å². The van der Waals surface area contributed by atoms with E-state index in [-0.39, 0.29) is 6.54 Å². The zero-order valence-electron chi connectivity index (χ0n) is 9.17. The summed E-state index contributed by atoms with van der Waals surface area (Å²) >= 11 is 0. The fourth-order valence-corrected chi connectivity index (χ4v) is 0.581. The van der Waals surface area contributed by atoms with Crippen molar-refractivity contribution in [2.24, 2.45) is 5.73 Å². The van der Waals surface area contributed by atoms with E-state index in [0.29, 0.717) is 0 Å². The molecule has 0 aliphatic heterocycles. The van der Waals surface area contributed by atoms with Crippen LogP contribution >= 0.6 is 0 Å². The largest absolute Gasteiger partial charge is 0.480 e. The topological polar surface area (TPSA) is 173 Å². The van der Waals surface area contributed by atoms with Crippen molar-refractivity contribution in [3.63, 3.8) is 0 Å². The van der Waals surface area contributed by atoms with Gasteiger partial charge >= 0.3 is 11.9 Å². The minimum Gasteiger partial charge on any atom is -0.480 e. The molecule has 0 aliphatic carbocycles. The summed E-state index contributed by atoms with van der Waals surface area (Å²) in [6.45, 7) is -2.25. The molecule has 0 aromatic heterocycles. The van der Waals surface area contributed by atoms with Crippen LogP contribution in [0.25, 0.3) is 0 Å². The van der Waals surface area contributed by atoms with Gasteiger partial charge in [0.15, 0.2) is 0 Å². The van der Waals surface area contributed by atoms with Crippen molar-refractivity contribution in [2.45, 2.75) is 5.54 Å². The van der Waals surface area contributed by atoms with E-state index in [9.17, 15) is 9.59 Å². The molecule has 0 fully saturated rings. The summed E-state index contributed by atoms with van der Waals surface area (Å²) in [5, 5.41) is 44.3.